The summed E-state index contributed by atoms with van der Waals surface area (Å²) < 4.78 is 14.9. The average Bonchev–Trinajstić information content (AvgIpc) is 3.47. The summed E-state index contributed by atoms with van der Waals surface area (Å²) in [6.07, 6.45) is 1.41. The molecule has 0 aromatic heterocycles. The molecule has 2 aromatic rings. The largest absolute Gasteiger partial charge is 0.339 e. The van der Waals surface area contributed by atoms with Gasteiger partial charge in [0.2, 0.25) is 11.8 Å². The maximum atomic E-state index is 14.9. The number of halogens is 1. The quantitative estimate of drug-likeness (QED) is 0.658. The van der Waals surface area contributed by atoms with Gasteiger partial charge in [0, 0.05) is 18.2 Å². The molecule has 2 heterocycles. The maximum Gasteiger partial charge on any atom is 0.238 e. The molecular formula is C26H27FN4O2. The van der Waals surface area contributed by atoms with Gasteiger partial charge in [-0.05, 0) is 64.6 Å². The van der Waals surface area contributed by atoms with Crippen LogP contribution < -0.4 is 16.0 Å². The van der Waals surface area contributed by atoms with Crippen LogP contribution in [-0.4, -0.2) is 29.9 Å². The van der Waals surface area contributed by atoms with E-state index in [1.165, 1.54) is 6.07 Å². The Morgan fingerprint density at radius 1 is 1.21 bits per heavy atom. The summed E-state index contributed by atoms with van der Waals surface area (Å²) in [5.74, 6) is 0.644. The Kier molecular flexibility index (Phi) is 5.41. The fraction of sp³-hybridized carbons (Fsp3) is 0.423. The Bertz CT molecular complexity index is 1170. The number of carbonyl (C=O) groups is 2. The lowest BCUT2D eigenvalue weighted by Crippen LogP contribution is -2.54. The average molecular weight is 447 g/mol. The van der Waals surface area contributed by atoms with Crippen LogP contribution in [0.25, 0.3) is 11.1 Å². The number of hydrogen-bond acceptors (Lipinski definition) is 4. The second kappa shape index (κ2) is 8.27. The number of benzene rings is 2. The lowest BCUT2D eigenvalue weighted by molar-refractivity contribution is -0.125. The minimum atomic E-state index is -0.802. The summed E-state index contributed by atoms with van der Waals surface area (Å²) in [4.78, 5) is 24.4. The molecule has 2 amide bonds. The predicted molar refractivity (Wildman–Crippen MR) is 123 cm³/mol. The zero-order valence-corrected chi connectivity index (χ0v) is 18.7. The van der Waals surface area contributed by atoms with Crippen molar-refractivity contribution in [3.63, 3.8) is 0 Å². The highest BCUT2D eigenvalue weighted by Gasteiger charge is 2.51. The first kappa shape index (κ1) is 21.6. The SMILES string of the molecule is C[C@@H]1[C@H](C)[C@@H]2C[C@H]1[C@@H](C(=O)N[C@H](C#N)Cc1ccc(-c3ccc4c(c3)CC(=O)N4)cc1F)N2. The van der Waals surface area contributed by atoms with E-state index in [0.717, 1.165) is 23.2 Å². The molecular weight excluding hydrogens is 419 g/mol. The van der Waals surface area contributed by atoms with Crippen LogP contribution in [0.3, 0.4) is 0 Å². The van der Waals surface area contributed by atoms with Crippen molar-refractivity contribution < 1.29 is 14.0 Å². The van der Waals surface area contributed by atoms with Crippen LogP contribution in [0.1, 0.15) is 31.4 Å². The molecule has 5 rings (SSSR count). The van der Waals surface area contributed by atoms with Gasteiger partial charge in [0.15, 0.2) is 0 Å². The minimum Gasteiger partial charge on any atom is -0.339 e. The first-order valence-corrected chi connectivity index (χ1v) is 11.5. The van der Waals surface area contributed by atoms with Crippen molar-refractivity contribution in [1.82, 2.24) is 10.6 Å². The van der Waals surface area contributed by atoms with Gasteiger partial charge < -0.3 is 16.0 Å². The van der Waals surface area contributed by atoms with Crippen molar-refractivity contribution in [2.75, 3.05) is 5.32 Å². The minimum absolute atomic E-state index is 0.0436. The number of carbonyl (C=O) groups excluding carboxylic acids is 2. The normalized spacial score (nSPS) is 28.2. The molecule has 6 atom stereocenters. The number of hydrogen-bond donors (Lipinski definition) is 3. The third-order valence-electron chi connectivity index (χ3n) is 7.78. The van der Waals surface area contributed by atoms with Gasteiger partial charge in [0.05, 0.1) is 18.5 Å². The molecule has 170 valence electrons. The molecule has 1 saturated carbocycles. The van der Waals surface area contributed by atoms with Crippen LogP contribution in [-0.2, 0) is 22.4 Å². The Morgan fingerprint density at radius 3 is 2.67 bits per heavy atom. The van der Waals surface area contributed by atoms with Crippen molar-refractivity contribution >= 4 is 17.5 Å². The number of nitrogens with one attached hydrogen (secondary N) is 3. The molecule has 0 radical (unpaired) electrons. The zero-order chi connectivity index (χ0) is 23.3. The molecule has 0 unspecified atom stereocenters. The first-order chi connectivity index (χ1) is 15.8. The molecule has 7 heteroatoms. The highest BCUT2D eigenvalue weighted by molar-refractivity contribution is 5.99. The number of amides is 2. The van der Waals surface area contributed by atoms with Crippen LogP contribution in [0.2, 0.25) is 0 Å². The number of piperidine rings is 1. The molecule has 0 spiro atoms. The molecule has 3 aliphatic rings. The lowest BCUT2D eigenvalue weighted by atomic mass is 9.84. The summed E-state index contributed by atoms with van der Waals surface area (Å²) in [6.45, 7) is 4.39. The second-order valence-electron chi connectivity index (χ2n) is 9.67. The van der Waals surface area contributed by atoms with Gasteiger partial charge in [-0.3, -0.25) is 9.59 Å². The fourth-order valence-corrected chi connectivity index (χ4v) is 5.67. The molecule has 33 heavy (non-hydrogen) atoms. The van der Waals surface area contributed by atoms with Crippen molar-refractivity contribution in [3.05, 3.63) is 53.3 Å². The van der Waals surface area contributed by atoms with Crippen LogP contribution in [0, 0.1) is 34.9 Å². The van der Waals surface area contributed by atoms with E-state index in [-0.39, 0.29) is 30.2 Å². The predicted octanol–water partition coefficient (Wildman–Crippen LogP) is 3.17. The van der Waals surface area contributed by atoms with Crippen LogP contribution in [0.4, 0.5) is 10.1 Å². The first-order valence-electron chi connectivity index (χ1n) is 11.5. The van der Waals surface area contributed by atoms with Gasteiger partial charge in [-0.15, -0.1) is 0 Å². The van der Waals surface area contributed by atoms with Crippen LogP contribution >= 0.6 is 0 Å². The molecule has 1 aliphatic carbocycles. The van der Waals surface area contributed by atoms with E-state index in [9.17, 15) is 19.2 Å². The molecule has 1 saturated heterocycles. The van der Waals surface area contributed by atoms with Gasteiger partial charge in [0.25, 0.3) is 0 Å². The number of nitriles is 1. The topological polar surface area (TPSA) is 94.0 Å². The maximum absolute atomic E-state index is 14.9. The Labute approximate surface area is 192 Å². The summed E-state index contributed by atoms with van der Waals surface area (Å²) >= 11 is 0. The van der Waals surface area contributed by atoms with E-state index in [1.807, 2.05) is 18.2 Å². The van der Waals surface area contributed by atoms with E-state index in [1.54, 1.807) is 12.1 Å². The second-order valence-corrected chi connectivity index (χ2v) is 9.67. The monoisotopic (exact) mass is 446 g/mol. The summed E-state index contributed by atoms with van der Waals surface area (Å²) in [6, 6.07) is 11.8. The number of nitrogens with zero attached hydrogens (tertiary/aromatic N) is 1. The highest BCUT2D eigenvalue weighted by atomic mass is 19.1. The van der Waals surface area contributed by atoms with E-state index < -0.39 is 11.9 Å². The van der Waals surface area contributed by atoms with E-state index >= 15 is 0 Å². The fourth-order valence-electron chi connectivity index (χ4n) is 5.67. The Balaban J connectivity index is 1.26. The van der Waals surface area contributed by atoms with Gasteiger partial charge in [-0.1, -0.05) is 32.0 Å². The van der Waals surface area contributed by atoms with Crippen LogP contribution in [0.5, 0.6) is 0 Å². The number of rotatable bonds is 5. The molecule has 6 nitrogen and oxygen atoms in total. The third kappa shape index (κ3) is 3.89. The Morgan fingerprint density at radius 2 is 1.97 bits per heavy atom. The highest BCUT2D eigenvalue weighted by Crippen LogP contribution is 2.44. The Hall–Kier alpha value is -3.24. The van der Waals surface area contributed by atoms with Crippen molar-refractivity contribution in [2.45, 2.75) is 51.2 Å². The lowest BCUT2D eigenvalue weighted by Gasteiger charge is -2.32. The number of fused-ring (bicyclic) bond motifs is 3. The molecule has 2 fully saturated rings. The molecule has 2 aromatic carbocycles. The van der Waals surface area contributed by atoms with E-state index in [0.29, 0.717) is 35.4 Å². The van der Waals surface area contributed by atoms with E-state index in [4.69, 9.17) is 0 Å². The van der Waals surface area contributed by atoms with Crippen molar-refractivity contribution in [2.24, 2.45) is 17.8 Å². The molecule has 2 bridgehead atoms. The summed E-state index contributed by atoms with van der Waals surface area (Å²) in [5, 5.41) is 18.6. The van der Waals surface area contributed by atoms with Crippen molar-refractivity contribution in [1.29, 1.82) is 5.26 Å². The standard InChI is InChI=1S/C26H27FN4O2/c1-13-14(2)23-11-20(13)25(31-23)26(33)29-19(12-28)8-17-4-3-16(9-21(17)27)15-5-6-22-18(7-15)10-24(32)30-22/h3-7,9,13-14,19-20,23,25,31H,8,10-11H2,1-2H3,(H,29,33)(H,30,32)/t13-,14+,19+,20-,23+,25+/m1/s1. The van der Waals surface area contributed by atoms with Gasteiger partial charge in [0.1, 0.15) is 11.9 Å². The summed E-state index contributed by atoms with van der Waals surface area (Å²) in [5.41, 5.74) is 3.60. The van der Waals surface area contributed by atoms with E-state index in [2.05, 4.69) is 35.9 Å². The number of anilines is 1. The smallest absolute Gasteiger partial charge is 0.238 e. The zero-order valence-electron chi connectivity index (χ0n) is 18.7. The van der Waals surface area contributed by atoms with Gasteiger partial charge in [-0.25, -0.2) is 4.39 Å². The van der Waals surface area contributed by atoms with Gasteiger partial charge >= 0.3 is 0 Å². The van der Waals surface area contributed by atoms with Gasteiger partial charge in [-0.2, -0.15) is 5.26 Å². The van der Waals surface area contributed by atoms with Crippen molar-refractivity contribution in [3.8, 4) is 17.2 Å². The summed E-state index contributed by atoms with van der Waals surface area (Å²) in [7, 11) is 0. The molecule has 2 aliphatic heterocycles. The van der Waals surface area contributed by atoms with Crippen LogP contribution in [0.15, 0.2) is 36.4 Å². The molecule has 3 N–H and O–H groups in total. The third-order valence-corrected chi connectivity index (χ3v) is 7.78.